The third-order valence-electron chi connectivity index (χ3n) is 2.08. The van der Waals surface area contributed by atoms with Gasteiger partial charge in [0.1, 0.15) is 6.04 Å². The van der Waals surface area contributed by atoms with Crippen LogP contribution < -0.4 is 5.32 Å². The van der Waals surface area contributed by atoms with Crippen LogP contribution in [0.3, 0.4) is 0 Å². The van der Waals surface area contributed by atoms with Crippen molar-refractivity contribution in [2.24, 2.45) is 0 Å². The van der Waals surface area contributed by atoms with E-state index in [0.717, 1.165) is 0 Å². The largest absolute Gasteiger partial charge is 0.467 e. The molecule has 0 heterocycles. The summed E-state index contributed by atoms with van der Waals surface area (Å²) >= 11 is 9.09. The van der Waals surface area contributed by atoms with E-state index < -0.39 is 12.0 Å². The normalized spacial score (nSPS) is 11.8. The third kappa shape index (κ3) is 3.71. The van der Waals surface area contributed by atoms with Crippen molar-refractivity contribution in [3.63, 3.8) is 0 Å². The zero-order valence-corrected chi connectivity index (χ0v) is 11.6. The fourth-order valence-corrected chi connectivity index (χ4v) is 1.58. The zero-order chi connectivity index (χ0) is 13.0. The summed E-state index contributed by atoms with van der Waals surface area (Å²) in [5, 5.41) is 2.94. The maximum Gasteiger partial charge on any atom is 0.328 e. The molecule has 1 N–H and O–H groups in total. The highest BCUT2D eigenvalue weighted by atomic mass is 79.9. The first-order valence-corrected chi connectivity index (χ1v) is 5.96. The van der Waals surface area contributed by atoms with Gasteiger partial charge in [-0.3, -0.25) is 4.79 Å². The van der Waals surface area contributed by atoms with Crippen LogP contribution in [0.1, 0.15) is 17.3 Å². The molecule has 4 nitrogen and oxygen atoms in total. The van der Waals surface area contributed by atoms with Crippen molar-refractivity contribution in [2.75, 3.05) is 7.11 Å². The molecule has 17 heavy (non-hydrogen) atoms. The molecule has 1 aromatic carbocycles. The van der Waals surface area contributed by atoms with Crippen molar-refractivity contribution >= 4 is 39.4 Å². The second-order valence-corrected chi connectivity index (χ2v) is 4.61. The number of hydrogen-bond donors (Lipinski definition) is 1. The van der Waals surface area contributed by atoms with Gasteiger partial charge in [0.15, 0.2) is 0 Å². The van der Waals surface area contributed by atoms with Gasteiger partial charge in [-0.2, -0.15) is 0 Å². The average molecular weight is 321 g/mol. The molecule has 1 atom stereocenters. The quantitative estimate of drug-likeness (QED) is 0.870. The molecule has 0 aliphatic heterocycles. The second-order valence-electron chi connectivity index (χ2n) is 3.35. The molecule has 0 aromatic heterocycles. The Morgan fingerprint density at radius 2 is 2.12 bits per heavy atom. The predicted octanol–water partition coefficient (Wildman–Crippen LogP) is 2.39. The van der Waals surface area contributed by atoms with E-state index in [2.05, 4.69) is 26.0 Å². The van der Waals surface area contributed by atoms with E-state index in [1.54, 1.807) is 19.1 Å². The zero-order valence-electron chi connectivity index (χ0n) is 9.29. The van der Waals surface area contributed by atoms with Gasteiger partial charge in [-0.15, -0.1) is 0 Å². The lowest BCUT2D eigenvalue weighted by atomic mass is 10.2. The Balaban J connectivity index is 2.76. The maximum absolute atomic E-state index is 11.7. The second kappa shape index (κ2) is 6.02. The molecule has 1 rings (SSSR count). The van der Waals surface area contributed by atoms with Crippen LogP contribution in [0.2, 0.25) is 5.02 Å². The summed E-state index contributed by atoms with van der Waals surface area (Å²) in [6.07, 6.45) is 0. The van der Waals surface area contributed by atoms with E-state index in [0.29, 0.717) is 15.1 Å². The minimum absolute atomic E-state index is 0.377. The highest BCUT2D eigenvalue weighted by Gasteiger charge is 2.17. The first-order chi connectivity index (χ1) is 7.95. The minimum atomic E-state index is -0.699. The lowest BCUT2D eigenvalue weighted by Gasteiger charge is -2.11. The number of halogens is 2. The lowest BCUT2D eigenvalue weighted by molar-refractivity contribution is -0.142. The first kappa shape index (κ1) is 14.0. The summed E-state index contributed by atoms with van der Waals surface area (Å²) < 4.78 is 5.21. The molecule has 6 heteroatoms. The van der Waals surface area contributed by atoms with Gasteiger partial charge >= 0.3 is 5.97 Å². The van der Waals surface area contributed by atoms with Crippen molar-refractivity contribution in [3.05, 3.63) is 33.3 Å². The van der Waals surface area contributed by atoms with Crippen LogP contribution in [0.25, 0.3) is 0 Å². The van der Waals surface area contributed by atoms with Gasteiger partial charge in [-0.05, 0) is 41.1 Å². The molecule has 0 aliphatic carbocycles. The number of benzene rings is 1. The Hall–Kier alpha value is -1.07. The molecule has 0 saturated heterocycles. The highest BCUT2D eigenvalue weighted by molar-refractivity contribution is 9.10. The summed E-state index contributed by atoms with van der Waals surface area (Å²) in [5.41, 5.74) is 0.383. The number of hydrogen-bond acceptors (Lipinski definition) is 3. The number of ether oxygens (including phenoxy) is 1. The van der Waals surface area contributed by atoms with Crippen LogP contribution in [0, 0.1) is 0 Å². The Morgan fingerprint density at radius 1 is 1.47 bits per heavy atom. The van der Waals surface area contributed by atoms with Gasteiger partial charge in [0, 0.05) is 10.0 Å². The summed E-state index contributed by atoms with van der Waals surface area (Å²) in [5.74, 6) is -0.876. The van der Waals surface area contributed by atoms with Gasteiger partial charge in [0.25, 0.3) is 5.91 Å². The molecule has 0 spiro atoms. The Labute approximate surface area is 112 Å². The van der Waals surface area contributed by atoms with Crippen molar-refractivity contribution in [1.82, 2.24) is 5.32 Å². The number of esters is 1. The molecule has 0 bridgehead atoms. The smallest absolute Gasteiger partial charge is 0.328 e. The van der Waals surface area contributed by atoms with E-state index in [9.17, 15) is 9.59 Å². The van der Waals surface area contributed by atoms with Crippen LogP contribution in [0.5, 0.6) is 0 Å². The van der Waals surface area contributed by atoms with Crippen molar-refractivity contribution in [2.45, 2.75) is 13.0 Å². The van der Waals surface area contributed by atoms with Crippen LogP contribution in [0.4, 0.5) is 0 Å². The predicted molar refractivity (Wildman–Crippen MR) is 68.1 cm³/mol. The number of carbonyl (C=O) groups excluding carboxylic acids is 2. The number of carbonyl (C=O) groups is 2. The Kier molecular flexibility index (Phi) is 4.96. The summed E-state index contributed by atoms with van der Waals surface area (Å²) in [7, 11) is 1.27. The van der Waals surface area contributed by atoms with Crippen LogP contribution in [-0.4, -0.2) is 25.0 Å². The average Bonchev–Trinajstić information content (AvgIpc) is 2.31. The number of nitrogens with one attached hydrogen (secondary N) is 1. The third-order valence-corrected chi connectivity index (χ3v) is 3.32. The van der Waals surface area contributed by atoms with E-state index in [-0.39, 0.29) is 5.91 Å². The van der Waals surface area contributed by atoms with E-state index >= 15 is 0 Å². The highest BCUT2D eigenvalue weighted by Crippen LogP contribution is 2.23. The molecule has 0 fully saturated rings. The minimum Gasteiger partial charge on any atom is -0.467 e. The standard InChI is InChI=1S/C11H11BrClNO3/c1-6(11(16)17-2)14-10(15)7-3-4-8(12)9(13)5-7/h3-6H,1-2H3,(H,14,15)/t6-/m0/s1. The topological polar surface area (TPSA) is 55.4 Å². The molecule has 1 amide bonds. The Morgan fingerprint density at radius 3 is 2.65 bits per heavy atom. The summed E-state index contributed by atoms with van der Waals surface area (Å²) in [4.78, 5) is 22.9. The van der Waals surface area contributed by atoms with Crippen molar-refractivity contribution in [1.29, 1.82) is 0 Å². The van der Waals surface area contributed by atoms with Gasteiger partial charge < -0.3 is 10.1 Å². The van der Waals surface area contributed by atoms with Crippen molar-refractivity contribution in [3.8, 4) is 0 Å². The van der Waals surface area contributed by atoms with E-state index in [1.807, 2.05) is 0 Å². The molecular formula is C11H11BrClNO3. The molecule has 0 aliphatic rings. The van der Waals surface area contributed by atoms with Crippen LogP contribution in [-0.2, 0) is 9.53 Å². The number of methoxy groups -OCH3 is 1. The SMILES string of the molecule is COC(=O)[C@H](C)NC(=O)c1ccc(Br)c(Cl)c1. The van der Waals surface area contributed by atoms with Gasteiger partial charge in [-0.25, -0.2) is 4.79 Å². The molecule has 0 radical (unpaired) electrons. The number of rotatable bonds is 3. The maximum atomic E-state index is 11.7. The van der Waals surface area contributed by atoms with Gasteiger partial charge in [0.05, 0.1) is 12.1 Å². The van der Waals surface area contributed by atoms with E-state index in [4.69, 9.17) is 11.6 Å². The fraction of sp³-hybridized carbons (Fsp3) is 0.273. The van der Waals surface area contributed by atoms with Gasteiger partial charge in [0.2, 0.25) is 0 Å². The van der Waals surface area contributed by atoms with Crippen molar-refractivity contribution < 1.29 is 14.3 Å². The van der Waals surface area contributed by atoms with Gasteiger partial charge in [-0.1, -0.05) is 11.6 Å². The molecule has 0 unspecified atom stereocenters. The summed E-state index contributed by atoms with van der Waals surface area (Å²) in [6, 6.07) is 4.09. The van der Waals surface area contributed by atoms with Crippen LogP contribution in [0.15, 0.2) is 22.7 Å². The number of amides is 1. The molecule has 92 valence electrons. The monoisotopic (exact) mass is 319 g/mol. The molecule has 1 aromatic rings. The first-order valence-electron chi connectivity index (χ1n) is 4.79. The molecular weight excluding hydrogens is 309 g/mol. The Bertz CT molecular complexity index is 450. The fourth-order valence-electron chi connectivity index (χ4n) is 1.15. The summed E-state index contributed by atoms with van der Waals surface area (Å²) in [6.45, 7) is 1.55. The van der Waals surface area contributed by atoms with E-state index in [1.165, 1.54) is 13.2 Å². The molecule has 0 saturated carbocycles. The lowest BCUT2D eigenvalue weighted by Crippen LogP contribution is -2.39. The van der Waals surface area contributed by atoms with Crippen LogP contribution >= 0.6 is 27.5 Å².